The number of hydrogen-bond donors (Lipinski definition) is 1. The fourth-order valence-corrected chi connectivity index (χ4v) is 0.524. The Balaban J connectivity index is 3.08. The molecule has 0 saturated heterocycles. The third kappa shape index (κ3) is 1.02. The molecule has 9 heavy (non-hydrogen) atoms. The van der Waals surface area contributed by atoms with Crippen molar-refractivity contribution in [3.05, 3.63) is 17.0 Å². The molecule has 0 aliphatic rings. The molecule has 1 heterocycles. The molecule has 1 aromatic rings. The Morgan fingerprint density at radius 3 is 2.78 bits per heavy atom. The molecule has 1 rings (SSSR count). The van der Waals surface area contributed by atoms with Gasteiger partial charge in [0, 0.05) is 0 Å². The van der Waals surface area contributed by atoms with Crippen molar-refractivity contribution >= 4 is 17.6 Å². The molecule has 0 atom stereocenters. The summed E-state index contributed by atoms with van der Waals surface area (Å²) in [6.07, 6.45) is 1.13. The van der Waals surface area contributed by atoms with Gasteiger partial charge in [0.05, 0.1) is 6.20 Å². The standard InChI is InChI=1S/C4H2ClNO3/c5-2-1-6-9-3(2)4(7)8/h1H,(H,7,8). The molecular weight excluding hydrogens is 146 g/mol. The molecule has 0 fully saturated rings. The van der Waals surface area contributed by atoms with Gasteiger partial charge in [0.2, 0.25) is 0 Å². The summed E-state index contributed by atoms with van der Waals surface area (Å²) < 4.78 is 4.24. The molecule has 0 radical (unpaired) electrons. The van der Waals surface area contributed by atoms with E-state index in [4.69, 9.17) is 16.7 Å². The second-order valence-electron chi connectivity index (χ2n) is 1.31. The minimum Gasteiger partial charge on any atom is -0.475 e. The maximum absolute atomic E-state index is 10.1. The van der Waals surface area contributed by atoms with Gasteiger partial charge in [-0.3, -0.25) is 0 Å². The number of nitrogens with zero attached hydrogens (tertiary/aromatic N) is 1. The van der Waals surface area contributed by atoms with Crippen molar-refractivity contribution in [1.82, 2.24) is 5.16 Å². The molecule has 0 saturated carbocycles. The summed E-state index contributed by atoms with van der Waals surface area (Å²) in [5.41, 5.74) is 0. The van der Waals surface area contributed by atoms with Gasteiger partial charge in [-0.1, -0.05) is 16.8 Å². The van der Waals surface area contributed by atoms with E-state index in [-0.39, 0.29) is 10.8 Å². The van der Waals surface area contributed by atoms with Gasteiger partial charge in [-0.05, 0) is 0 Å². The summed E-state index contributed by atoms with van der Waals surface area (Å²) in [5, 5.41) is 11.4. The minimum absolute atomic E-state index is 0.0162. The van der Waals surface area contributed by atoms with Crippen LogP contribution in [0.15, 0.2) is 10.7 Å². The number of carbonyl (C=O) groups is 1. The zero-order chi connectivity index (χ0) is 6.85. The number of carboxylic acid groups (broad SMARTS) is 1. The van der Waals surface area contributed by atoms with E-state index in [9.17, 15) is 4.79 Å². The normalized spacial score (nSPS) is 9.44. The van der Waals surface area contributed by atoms with Crippen LogP contribution in [0, 0.1) is 0 Å². The molecule has 0 aliphatic carbocycles. The second kappa shape index (κ2) is 2.06. The largest absolute Gasteiger partial charge is 0.475 e. The van der Waals surface area contributed by atoms with Gasteiger partial charge in [0.1, 0.15) is 5.02 Å². The molecule has 0 aromatic carbocycles. The van der Waals surface area contributed by atoms with E-state index in [2.05, 4.69) is 9.68 Å². The Hall–Kier alpha value is -1.03. The molecule has 48 valence electrons. The highest BCUT2D eigenvalue weighted by Gasteiger charge is 2.12. The van der Waals surface area contributed by atoms with E-state index >= 15 is 0 Å². The molecule has 0 spiro atoms. The Morgan fingerprint density at radius 2 is 2.56 bits per heavy atom. The van der Waals surface area contributed by atoms with E-state index in [0.717, 1.165) is 6.20 Å². The molecule has 5 heteroatoms. The van der Waals surface area contributed by atoms with Crippen molar-refractivity contribution in [2.45, 2.75) is 0 Å². The van der Waals surface area contributed by atoms with Gasteiger partial charge in [-0.2, -0.15) is 0 Å². The van der Waals surface area contributed by atoms with Crippen LogP contribution in [0.5, 0.6) is 0 Å². The van der Waals surface area contributed by atoms with E-state index in [0.29, 0.717) is 0 Å². The summed E-state index contributed by atoms with van der Waals surface area (Å²) in [6.45, 7) is 0. The summed E-state index contributed by atoms with van der Waals surface area (Å²) in [4.78, 5) is 10.1. The molecular formula is C4H2ClNO3. The van der Waals surface area contributed by atoms with Crippen LogP contribution < -0.4 is 0 Å². The van der Waals surface area contributed by atoms with Crippen LogP contribution in [-0.4, -0.2) is 16.2 Å². The van der Waals surface area contributed by atoms with Gasteiger partial charge >= 0.3 is 5.97 Å². The first kappa shape index (κ1) is 6.10. The number of rotatable bonds is 1. The number of carboxylic acids is 1. The van der Waals surface area contributed by atoms with Crippen LogP contribution in [0.25, 0.3) is 0 Å². The number of hydrogen-bond acceptors (Lipinski definition) is 3. The third-order valence-electron chi connectivity index (χ3n) is 0.721. The Labute approximate surface area is 55.0 Å². The topological polar surface area (TPSA) is 63.3 Å². The first-order valence-corrected chi connectivity index (χ1v) is 2.43. The lowest BCUT2D eigenvalue weighted by molar-refractivity contribution is 0.0652. The first-order chi connectivity index (χ1) is 4.22. The van der Waals surface area contributed by atoms with Crippen LogP contribution in [0.1, 0.15) is 10.6 Å². The zero-order valence-electron chi connectivity index (χ0n) is 4.17. The zero-order valence-corrected chi connectivity index (χ0v) is 4.92. The fraction of sp³-hybridized carbons (Fsp3) is 0. The Bertz CT molecular complexity index is 231. The Kier molecular flexibility index (Phi) is 1.40. The van der Waals surface area contributed by atoms with Gasteiger partial charge < -0.3 is 9.63 Å². The van der Waals surface area contributed by atoms with Gasteiger partial charge in [0.25, 0.3) is 5.76 Å². The van der Waals surface area contributed by atoms with Crippen molar-refractivity contribution in [3.8, 4) is 0 Å². The lowest BCUT2D eigenvalue weighted by atomic mass is 10.5. The number of aromatic nitrogens is 1. The number of halogens is 1. The lowest BCUT2D eigenvalue weighted by Crippen LogP contribution is -1.92. The first-order valence-electron chi connectivity index (χ1n) is 2.05. The summed E-state index contributed by atoms with van der Waals surface area (Å²) in [7, 11) is 0. The second-order valence-corrected chi connectivity index (χ2v) is 1.72. The average molecular weight is 148 g/mol. The van der Waals surface area contributed by atoms with E-state index in [1.807, 2.05) is 0 Å². The predicted octanol–water partition coefficient (Wildman–Crippen LogP) is 1.03. The molecule has 0 aliphatic heterocycles. The van der Waals surface area contributed by atoms with Crippen LogP contribution in [0.2, 0.25) is 5.02 Å². The van der Waals surface area contributed by atoms with E-state index < -0.39 is 5.97 Å². The van der Waals surface area contributed by atoms with Crippen molar-refractivity contribution in [1.29, 1.82) is 0 Å². The summed E-state index contributed by atoms with van der Waals surface area (Å²) >= 11 is 5.30. The van der Waals surface area contributed by atoms with E-state index in [1.165, 1.54) is 0 Å². The fourth-order valence-electron chi connectivity index (χ4n) is 0.369. The maximum atomic E-state index is 10.1. The minimum atomic E-state index is -1.21. The smallest absolute Gasteiger partial charge is 0.376 e. The summed E-state index contributed by atoms with van der Waals surface area (Å²) in [6, 6.07) is 0. The molecule has 0 unspecified atom stereocenters. The summed E-state index contributed by atoms with van der Waals surface area (Å²) in [5.74, 6) is -1.53. The van der Waals surface area contributed by atoms with Crippen molar-refractivity contribution in [2.75, 3.05) is 0 Å². The number of aromatic carboxylic acids is 1. The van der Waals surface area contributed by atoms with Crippen molar-refractivity contribution < 1.29 is 14.4 Å². The van der Waals surface area contributed by atoms with Gasteiger partial charge in [-0.25, -0.2) is 4.79 Å². The monoisotopic (exact) mass is 147 g/mol. The van der Waals surface area contributed by atoms with Crippen LogP contribution in [0.3, 0.4) is 0 Å². The Morgan fingerprint density at radius 1 is 1.89 bits per heavy atom. The van der Waals surface area contributed by atoms with Crippen molar-refractivity contribution in [2.24, 2.45) is 0 Å². The quantitative estimate of drug-likeness (QED) is 0.644. The highest BCUT2D eigenvalue weighted by molar-refractivity contribution is 6.32. The SMILES string of the molecule is O=C(O)c1oncc1Cl. The highest BCUT2D eigenvalue weighted by Crippen LogP contribution is 2.13. The van der Waals surface area contributed by atoms with Crippen LogP contribution in [-0.2, 0) is 0 Å². The third-order valence-corrected chi connectivity index (χ3v) is 0.990. The van der Waals surface area contributed by atoms with Crippen LogP contribution >= 0.6 is 11.6 Å². The van der Waals surface area contributed by atoms with E-state index in [1.54, 1.807) is 0 Å². The predicted molar refractivity (Wildman–Crippen MR) is 28.5 cm³/mol. The average Bonchev–Trinajstić information content (AvgIpc) is 2.13. The molecule has 4 nitrogen and oxygen atoms in total. The molecule has 0 amide bonds. The van der Waals surface area contributed by atoms with Crippen molar-refractivity contribution in [3.63, 3.8) is 0 Å². The van der Waals surface area contributed by atoms with Crippen LogP contribution in [0.4, 0.5) is 0 Å². The molecule has 1 aromatic heterocycles. The lowest BCUT2D eigenvalue weighted by Gasteiger charge is -1.80. The van der Waals surface area contributed by atoms with Gasteiger partial charge in [-0.15, -0.1) is 0 Å². The van der Waals surface area contributed by atoms with Gasteiger partial charge in [0.15, 0.2) is 0 Å². The molecule has 1 N–H and O–H groups in total. The maximum Gasteiger partial charge on any atom is 0.376 e. The highest BCUT2D eigenvalue weighted by atomic mass is 35.5. The molecule has 0 bridgehead atoms.